The summed E-state index contributed by atoms with van der Waals surface area (Å²) in [5.74, 6) is 2.21. The first-order valence-corrected chi connectivity index (χ1v) is 10.4. The first-order valence-electron chi connectivity index (χ1n) is 8.26. The van der Waals surface area contributed by atoms with E-state index in [0.29, 0.717) is 4.58 Å². The number of hydrogen-bond donors (Lipinski definition) is 0. The number of hydrogen-bond acceptors (Lipinski definition) is 5. The second kappa shape index (κ2) is 10.3. The van der Waals surface area contributed by atoms with Crippen molar-refractivity contribution >= 4 is 29.5 Å². The number of carbonyl (C=O) groups excluding carboxylic acids is 1. The zero-order valence-electron chi connectivity index (χ0n) is 13.9. The van der Waals surface area contributed by atoms with Gasteiger partial charge >= 0.3 is 5.97 Å². The zero-order valence-corrected chi connectivity index (χ0v) is 15.5. The van der Waals surface area contributed by atoms with Crippen LogP contribution in [0.5, 0.6) is 0 Å². The minimum absolute atomic E-state index is 0.0856. The standard InChI is InChI=1S/C18H26O3S2/c1-3-15(10-11-16-22-12-7-13-23-16)21-17(18(19)20-2)14-8-5-4-6-9-14/h4-6,8-9,15-17H,3,7,10-13H2,1-2H3/t15-,17+/m0/s1. The van der Waals surface area contributed by atoms with Crippen LogP contribution in [0.4, 0.5) is 0 Å². The Morgan fingerprint density at radius 1 is 1.26 bits per heavy atom. The predicted molar refractivity (Wildman–Crippen MR) is 98.9 cm³/mol. The molecular weight excluding hydrogens is 328 g/mol. The number of thioether (sulfide) groups is 2. The molecular formula is C18H26O3S2. The summed E-state index contributed by atoms with van der Waals surface area (Å²) in [7, 11) is 1.41. The highest BCUT2D eigenvalue weighted by Crippen LogP contribution is 2.35. The smallest absolute Gasteiger partial charge is 0.339 e. The summed E-state index contributed by atoms with van der Waals surface area (Å²) in [6.07, 6.45) is 3.80. The largest absolute Gasteiger partial charge is 0.467 e. The number of methoxy groups -OCH3 is 1. The molecule has 0 bridgehead atoms. The average Bonchev–Trinajstić information content (AvgIpc) is 2.63. The lowest BCUT2D eigenvalue weighted by Gasteiger charge is -2.26. The van der Waals surface area contributed by atoms with E-state index < -0.39 is 6.10 Å². The van der Waals surface area contributed by atoms with E-state index >= 15 is 0 Å². The van der Waals surface area contributed by atoms with Gasteiger partial charge in [-0.1, -0.05) is 37.3 Å². The molecule has 2 atom stereocenters. The minimum Gasteiger partial charge on any atom is -0.467 e. The molecule has 0 unspecified atom stereocenters. The van der Waals surface area contributed by atoms with Gasteiger partial charge in [0.1, 0.15) is 0 Å². The highest BCUT2D eigenvalue weighted by molar-refractivity contribution is 8.17. The maximum Gasteiger partial charge on any atom is 0.339 e. The predicted octanol–water partition coefficient (Wildman–Crippen LogP) is 4.67. The van der Waals surface area contributed by atoms with Gasteiger partial charge in [-0.05, 0) is 42.8 Å². The van der Waals surface area contributed by atoms with E-state index in [1.807, 2.05) is 30.3 Å². The molecule has 1 fully saturated rings. The Labute approximate surface area is 147 Å². The third-order valence-electron chi connectivity index (χ3n) is 3.92. The van der Waals surface area contributed by atoms with E-state index in [4.69, 9.17) is 9.47 Å². The molecule has 0 radical (unpaired) electrons. The van der Waals surface area contributed by atoms with Crippen LogP contribution in [-0.4, -0.2) is 35.3 Å². The average molecular weight is 355 g/mol. The second-order valence-electron chi connectivity index (χ2n) is 5.58. The third kappa shape index (κ3) is 6.05. The zero-order chi connectivity index (χ0) is 16.5. The third-order valence-corrected chi connectivity index (χ3v) is 7.00. The summed E-state index contributed by atoms with van der Waals surface area (Å²) in [6, 6.07) is 9.62. The molecule has 128 valence electrons. The molecule has 0 N–H and O–H groups in total. The summed E-state index contributed by atoms with van der Waals surface area (Å²) < 4.78 is 11.7. The van der Waals surface area contributed by atoms with E-state index in [9.17, 15) is 4.79 Å². The molecule has 0 spiro atoms. The fourth-order valence-corrected chi connectivity index (χ4v) is 5.49. The highest BCUT2D eigenvalue weighted by atomic mass is 32.2. The van der Waals surface area contributed by atoms with Gasteiger partial charge in [0.15, 0.2) is 6.10 Å². The fourth-order valence-electron chi connectivity index (χ4n) is 2.59. The molecule has 1 heterocycles. The topological polar surface area (TPSA) is 35.5 Å². The van der Waals surface area contributed by atoms with E-state index in [1.54, 1.807) is 0 Å². The van der Waals surface area contributed by atoms with Crippen molar-refractivity contribution in [2.45, 2.75) is 49.4 Å². The molecule has 23 heavy (non-hydrogen) atoms. The van der Waals surface area contributed by atoms with E-state index in [-0.39, 0.29) is 12.1 Å². The lowest BCUT2D eigenvalue weighted by molar-refractivity contribution is -0.159. The van der Waals surface area contributed by atoms with Gasteiger partial charge < -0.3 is 9.47 Å². The number of esters is 1. The quantitative estimate of drug-likeness (QED) is 0.634. The van der Waals surface area contributed by atoms with Gasteiger partial charge in [-0.2, -0.15) is 0 Å². The number of rotatable bonds is 8. The van der Waals surface area contributed by atoms with E-state index in [2.05, 4.69) is 30.4 Å². The Bertz CT molecular complexity index is 461. The van der Waals surface area contributed by atoms with Crippen molar-refractivity contribution in [2.24, 2.45) is 0 Å². The van der Waals surface area contributed by atoms with Gasteiger partial charge in [0, 0.05) is 0 Å². The van der Waals surface area contributed by atoms with Crippen molar-refractivity contribution in [3.8, 4) is 0 Å². The maximum absolute atomic E-state index is 12.1. The Morgan fingerprint density at radius 2 is 1.96 bits per heavy atom. The SMILES string of the molecule is CC[C@@H](CCC1SCCCS1)O[C@@H](C(=O)OC)c1ccccc1. The lowest BCUT2D eigenvalue weighted by Crippen LogP contribution is -2.24. The van der Waals surface area contributed by atoms with Crippen LogP contribution in [0.2, 0.25) is 0 Å². The van der Waals surface area contributed by atoms with Gasteiger partial charge in [-0.3, -0.25) is 0 Å². The van der Waals surface area contributed by atoms with Crippen LogP contribution in [-0.2, 0) is 14.3 Å². The van der Waals surface area contributed by atoms with Gasteiger partial charge in [0.2, 0.25) is 0 Å². The van der Waals surface area contributed by atoms with Gasteiger partial charge in [0.25, 0.3) is 0 Å². The Morgan fingerprint density at radius 3 is 2.57 bits per heavy atom. The van der Waals surface area contributed by atoms with E-state index in [1.165, 1.54) is 25.0 Å². The van der Waals surface area contributed by atoms with Crippen molar-refractivity contribution < 1.29 is 14.3 Å². The molecule has 0 aromatic heterocycles. The summed E-state index contributed by atoms with van der Waals surface area (Å²) in [5, 5.41) is 0. The molecule has 1 aliphatic heterocycles. The summed E-state index contributed by atoms with van der Waals surface area (Å²) in [6.45, 7) is 2.12. The summed E-state index contributed by atoms with van der Waals surface area (Å²) in [4.78, 5) is 12.1. The molecule has 3 nitrogen and oxygen atoms in total. The van der Waals surface area contributed by atoms with Gasteiger partial charge in [0.05, 0.1) is 17.8 Å². The molecule has 1 aromatic carbocycles. The van der Waals surface area contributed by atoms with Crippen molar-refractivity contribution in [1.82, 2.24) is 0 Å². The number of ether oxygens (including phenoxy) is 2. The fraction of sp³-hybridized carbons (Fsp3) is 0.611. The summed E-state index contributed by atoms with van der Waals surface area (Å²) in [5.41, 5.74) is 0.860. The maximum atomic E-state index is 12.1. The second-order valence-corrected chi connectivity index (χ2v) is 8.50. The molecule has 0 saturated carbocycles. The molecule has 5 heteroatoms. The Kier molecular flexibility index (Phi) is 8.34. The van der Waals surface area contributed by atoms with Crippen LogP contribution >= 0.6 is 23.5 Å². The molecule has 1 aromatic rings. The van der Waals surface area contributed by atoms with E-state index in [0.717, 1.165) is 24.8 Å². The van der Waals surface area contributed by atoms with Crippen LogP contribution in [0.15, 0.2) is 30.3 Å². The normalized spacial score (nSPS) is 18.3. The summed E-state index contributed by atoms with van der Waals surface area (Å²) >= 11 is 4.12. The highest BCUT2D eigenvalue weighted by Gasteiger charge is 2.26. The molecule has 0 aliphatic carbocycles. The first-order chi connectivity index (χ1) is 11.2. The van der Waals surface area contributed by atoms with Crippen LogP contribution in [0.1, 0.15) is 44.3 Å². The number of benzene rings is 1. The van der Waals surface area contributed by atoms with Crippen LogP contribution in [0.25, 0.3) is 0 Å². The number of carbonyl (C=O) groups is 1. The molecule has 2 rings (SSSR count). The monoisotopic (exact) mass is 354 g/mol. The van der Waals surface area contributed by atoms with Crippen molar-refractivity contribution in [2.75, 3.05) is 18.6 Å². The van der Waals surface area contributed by atoms with Gasteiger partial charge in [-0.25, -0.2) is 4.79 Å². The van der Waals surface area contributed by atoms with Crippen LogP contribution in [0.3, 0.4) is 0 Å². The lowest BCUT2D eigenvalue weighted by atomic mass is 10.1. The van der Waals surface area contributed by atoms with Crippen LogP contribution < -0.4 is 0 Å². The van der Waals surface area contributed by atoms with Crippen molar-refractivity contribution in [1.29, 1.82) is 0 Å². The molecule has 1 aliphatic rings. The van der Waals surface area contributed by atoms with Crippen molar-refractivity contribution in [3.05, 3.63) is 35.9 Å². The van der Waals surface area contributed by atoms with Crippen LogP contribution in [0, 0.1) is 0 Å². The van der Waals surface area contributed by atoms with Gasteiger partial charge in [-0.15, -0.1) is 23.5 Å². The minimum atomic E-state index is -0.627. The first kappa shape index (κ1) is 18.7. The molecule has 0 amide bonds. The Hall–Kier alpha value is -0.650. The van der Waals surface area contributed by atoms with Crippen molar-refractivity contribution in [3.63, 3.8) is 0 Å². The Balaban J connectivity index is 1.94. The molecule has 1 saturated heterocycles.